The van der Waals surface area contributed by atoms with E-state index in [0.717, 1.165) is 17.9 Å². The highest BCUT2D eigenvalue weighted by Crippen LogP contribution is 2.16. The first-order valence-corrected chi connectivity index (χ1v) is 6.03. The molecule has 0 aliphatic carbocycles. The highest BCUT2D eigenvalue weighted by Gasteiger charge is 2.30. The fourth-order valence-electron chi connectivity index (χ4n) is 1.74. The number of fused-ring (bicyclic) bond motifs is 1. The molecule has 7 nitrogen and oxygen atoms in total. The van der Waals surface area contributed by atoms with Crippen molar-refractivity contribution in [2.75, 3.05) is 6.54 Å². The van der Waals surface area contributed by atoms with Crippen LogP contribution < -0.4 is 5.32 Å². The summed E-state index contributed by atoms with van der Waals surface area (Å²) in [6.07, 6.45) is 3.42. The van der Waals surface area contributed by atoms with Gasteiger partial charge in [-0.15, -0.1) is 0 Å². The molecule has 0 aliphatic rings. The number of aromatic amines is 1. The SMILES string of the molecule is CC(O)(CNC(=O)Cc1c[nH]c2ncccc12)C(=O)O. The maximum Gasteiger partial charge on any atom is 0.337 e. The van der Waals surface area contributed by atoms with Gasteiger partial charge in [0, 0.05) is 17.8 Å². The van der Waals surface area contributed by atoms with Gasteiger partial charge >= 0.3 is 5.97 Å². The number of carboxylic acids is 1. The standard InChI is InChI=1S/C13H15N3O4/c1-13(20,12(18)19)7-16-10(17)5-8-6-15-11-9(8)3-2-4-14-11/h2-4,6,20H,5,7H2,1H3,(H,14,15)(H,16,17)(H,18,19). The number of aromatic nitrogens is 2. The van der Waals surface area contributed by atoms with Crippen LogP contribution >= 0.6 is 0 Å². The number of nitrogens with zero attached hydrogens (tertiary/aromatic N) is 1. The van der Waals surface area contributed by atoms with E-state index in [4.69, 9.17) is 5.11 Å². The fourth-order valence-corrected chi connectivity index (χ4v) is 1.74. The Morgan fingerprint density at radius 1 is 1.50 bits per heavy atom. The highest BCUT2D eigenvalue weighted by atomic mass is 16.4. The second kappa shape index (κ2) is 5.30. The van der Waals surface area contributed by atoms with E-state index >= 15 is 0 Å². The van der Waals surface area contributed by atoms with Crippen molar-refractivity contribution in [1.82, 2.24) is 15.3 Å². The van der Waals surface area contributed by atoms with Gasteiger partial charge in [0.1, 0.15) is 5.65 Å². The summed E-state index contributed by atoms with van der Waals surface area (Å²) in [7, 11) is 0. The summed E-state index contributed by atoms with van der Waals surface area (Å²) in [6.45, 7) is 0.785. The van der Waals surface area contributed by atoms with Crippen molar-refractivity contribution in [3.05, 3.63) is 30.1 Å². The quantitative estimate of drug-likeness (QED) is 0.616. The maximum absolute atomic E-state index is 11.8. The number of amides is 1. The third kappa shape index (κ3) is 2.94. The zero-order valence-electron chi connectivity index (χ0n) is 10.9. The Bertz CT molecular complexity index is 648. The smallest absolute Gasteiger partial charge is 0.337 e. The number of hydrogen-bond donors (Lipinski definition) is 4. The molecule has 0 bridgehead atoms. The summed E-state index contributed by atoms with van der Waals surface area (Å²) < 4.78 is 0. The molecule has 0 aliphatic heterocycles. The average Bonchev–Trinajstić information content (AvgIpc) is 2.80. The number of rotatable bonds is 5. The highest BCUT2D eigenvalue weighted by molar-refractivity contribution is 5.87. The molecule has 1 atom stereocenters. The van der Waals surface area contributed by atoms with E-state index in [-0.39, 0.29) is 18.9 Å². The lowest BCUT2D eigenvalue weighted by Crippen LogP contribution is -2.46. The number of carbonyl (C=O) groups is 2. The minimum Gasteiger partial charge on any atom is -0.479 e. The molecule has 106 valence electrons. The number of pyridine rings is 1. The van der Waals surface area contributed by atoms with Crippen LogP contribution in [0, 0.1) is 0 Å². The van der Waals surface area contributed by atoms with Crippen LogP contribution in [0.15, 0.2) is 24.5 Å². The van der Waals surface area contributed by atoms with Crippen molar-refractivity contribution >= 4 is 22.9 Å². The molecule has 0 saturated heterocycles. The average molecular weight is 277 g/mol. The predicted molar refractivity (Wildman–Crippen MR) is 71.1 cm³/mol. The first-order valence-electron chi connectivity index (χ1n) is 6.03. The monoisotopic (exact) mass is 277 g/mol. The van der Waals surface area contributed by atoms with Crippen LogP contribution in [0.25, 0.3) is 11.0 Å². The van der Waals surface area contributed by atoms with Crippen LogP contribution in [0.1, 0.15) is 12.5 Å². The fraction of sp³-hybridized carbons (Fsp3) is 0.308. The Kier molecular flexibility index (Phi) is 3.71. The van der Waals surface area contributed by atoms with Crippen molar-refractivity contribution < 1.29 is 19.8 Å². The molecular formula is C13H15N3O4. The molecule has 2 aromatic rings. The van der Waals surface area contributed by atoms with Crippen molar-refractivity contribution in [3.8, 4) is 0 Å². The van der Waals surface area contributed by atoms with Crippen molar-refractivity contribution in [2.24, 2.45) is 0 Å². The second-order valence-corrected chi connectivity index (χ2v) is 4.75. The normalized spacial score (nSPS) is 13.9. The Morgan fingerprint density at radius 2 is 2.25 bits per heavy atom. The van der Waals surface area contributed by atoms with Crippen LogP contribution in [0.3, 0.4) is 0 Å². The topological polar surface area (TPSA) is 115 Å². The van der Waals surface area contributed by atoms with Gasteiger partial charge in [0.15, 0.2) is 5.60 Å². The van der Waals surface area contributed by atoms with Crippen LogP contribution in [0.5, 0.6) is 0 Å². The molecule has 0 aromatic carbocycles. The summed E-state index contributed by atoms with van der Waals surface area (Å²) in [5, 5.41) is 21.5. The Balaban J connectivity index is 2.00. The molecule has 0 radical (unpaired) electrons. The molecule has 4 N–H and O–H groups in total. The van der Waals surface area contributed by atoms with Crippen LogP contribution in [-0.4, -0.2) is 44.2 Å². The molecule has 0 spiro atoms. The van der Waals surface area contributed by atoms with Gasteiger partial charge in [0.05, 0.1) is 13.0 Å². The molecule has 2 heterocycles. The molecule has 2 aromatic heterocycles. The number of aliphatic hydroxyl groups is 1. The Labute approximate surface area is 114 Å². The summed E-state index contributed by atoms with van der Waals surface area (Å²) in [5.41, 5.74) is -0.523. The zero-order chi connectivity index (χ0) is 14.8. The van der Waals surface area contributed by atoms with Gasteiger partial charge in [-0.2, -0.15) is 0 Å². The number of H-pyrrole nitrogens is 1. The molecular weight excluding hydrogens is 262 g/mol. The zero-order valence-corrected chi connectivity index (χ0v) is 10.9. The third-order valence-electron chi connectivity index (χ3n) is 2.98. The van der Waals surface area contributed by atoms with E-state index in [1.807, 2.05) is 6.07 Å². The lowest BCUT2D eigenvalue weighted by atomic mass is 10.1. The lowest BCUT2D eigenvalue weighted by Gasteiger charge is -2.18. The van der Waals surface area contributed by atoms with E-state index in [1.165, 1.54) is 0 Å². The molecule has 1 amide bonds. The molecule has 1 unspecified atom stereocenters. The minimum absolute atomic E-state index is 0.0847. The number of nitrogens with one attached hydrogen (secondary N) is 2. The number of carboxylic acid groups (broad SMARTS) is 1. The number of carbonyl (C=O) groups excluding carboxylic acids is 1. The Morgan fingerprint density at radius 3 is 2.95 bits per heavy atom. The van der Waals surface area contributed by atoms with E-state index < -0.39 is 11.6 Å². The van der Waals surface area contributed by atoms with E-state index in [2.05, 4.69) is 15.3 Å². The molecule has 0 fully saturated rings. The molecule has 0 saturated carbocycles. The van der Waals surface area contributed by atoms with E-state index in [1.54, 1.807) is 18.5 Å². The Hall–Kier alpha value is -2.41. The summed E-state index contributed by atoms with van der Waals surface area (Å²) in [6, 6.07) is 3.61. The van der Waals surface area contributed by atoms with Crippen LogP contribution in [0.4, 0.5) is 0 Å². The number of aliphatic carboxylic acids is 1. The van der Waals surface area contributed by atoms with Crippen LogP contribution in [-0.2, 0) is 16.0 Å². The van der Waals surface area contributed by atoms with Crippen LogP contribution in [0.2, 0.25) is 0 Å². The largest absolute Gasteiger partial charge is 0.479 e. The lowest BCUT2D eigenvalue weighted by molar-refractivity contribution is -0.156. The molecule has 2 rings (SSSR count). The van der Waals surface area contributed by atoms with Crippen molar-refractivity contribution in [1.29, 1.82) is 0 Å². The summed E-state index contributed by atoms with van der Waals surface area (Å²) >= 11 is 0. The van der Waals surface area contributed by atoms with Gasteiger partial charge in [-0.1, -0.05) is 0 Å². The van der Waals surface area contributed by atoms with Gasteiger partial charge in [-0.3, -0.25) is 4.79 Å². The van der Waals surface area contributed by atoms with Crippen molar-refractivity contribution in [2.45, 2.75) is 18.9 Å². The first-order chi connectivity index (χ1) is 9.40. The van der Waals surface area contributed by atoms with Gasteiger partial charge < -0.3 is 20.5 Å². The first kappa shape index (κ1) is 14.0. The van der Waals surface area contributed by atoms with Gasteiger partial charge in [0.2, 0.25) is 5.91 Å². The van der Waals surface area contributed by atoms with Gasteiger partial charge in [0.25, 0.3) is 0 Å². The molecule has 20 heavy (non-hydrogen) atoms. The minimum atomic E-state index is -1.97. The maximum atomic E-state index is 11.8. The van der Waals surface area contributed by atoms with E-state index in [0.29, 0.717) is 5.65 Å². The van der Waals surface area contributed by atoms with Gasteiger partial charge in [-0.05, 0) is 24.6 Å². The van der Waals surface area contributed by atoms with E-state index in [9.17, 15) is 14.7 Å². The second-order valence-electron chi connectivity index (χ2n) is 4.75. The van der Waals surface area contributed by atoms with Gasteiger partial charge in [-0.25, -0.2) is 9.78 Å². The number of hydrogen-bond acceptors (Lipinski definition) is 4. The third-order valence-corrected chi connectivity index (χ3v) is 2.98. The molecule has 7 heteroatoms. The predicted octanol–water partition coefficient (Wildman–Crippen LogP) is 0.0572. The van der Waals surface area contributed by atoms with Crippen molar-refractivity contribution in [3.63, 3.8) is 0 Å². The summed E-state index contributed by atoms with van der Waals surface area (Å²) in [5.74, 6) is -1.75. The summed E-state index contributed by atoms with van der Waals surface area (Å²) in [4.78, 5) is 29.5.